The molecule has 0 saturated carbocycles. The van der Waals surface area contributed by atoms with Crippen LogP contribution in [0.3, 0.4) is 0 Å². The van der Waals surface area contributed by atoms with Gasteiger partial charge in [-0.1, -0.05) is 34.1 Å². The minimum atomic E-state index is -4.75. The molecular weight excluding hydrogens is 462 g/mol. The van der Waals surface area contributed by atoms with Crippen LogP contribution in [0.1, 0.15) is 17.2 Å². The maximum atomic E-state index is 12.5. The Morgan fingerprint density at radius 3 is 2.43 bits per heavy atom. The Kier molecular flexibility index (Phi) is 5.15. The van der Waals surface area contributed by atoms with Crippen LogP contribution in [0.25, 0.3) is 0 Å². The molecular formula is C14H10BrF3INO. The average molecular weight is 472 g/mol. The molecule has 0 saturated heterocycles. The van der Waals surface area contributed by atoms with Gasteiger partial charge in [0.25, 0.3) is 0 Å². The molecule has 2 aromatic carbocycles. The van der Waals surface area contributed by atoms with Gasteiger partial charge in [-0.2, -0.15) is 0 Å². The van der Waals surface area contributed by atoms with E-state index in [0.29, 0.717) is 5.56 Å². The molecule has 0 heterocycles. The Balaban J connectivity index is 2.44. The minimum absolute atomic E-state index is 0.275. The molecule has 0 spiro atoms. The molecule has 1 atom stereocenters. The Labute approximate surface area is 141 Å². The van der Waals surface area contributed by atoms with Gasteiger partial charge in [-0.15, -0.1) is 13.2 Å². The van der Waals surface area contributed by atoms with E-state index in [-0.39, 0.29) is 11.3 Å². The van der Waals surface area contributed by atoms with E-state index in [1.807, 2.05) is 18.2 Å². The summed E-state index contributed by atoms with van der Waals surface area (Å²) in [4.78, 5) is 0. The van der Waals surface area contributed by atoms with Crippen LogP contribution in [-0.4, -0.2) is 6.36 Å². The van der Waals surface area contributed by atoms with Crippen molar-refractivity contribution in [1.29, 1.82) is 0 Å². The van der Waals surface area contributed by atoms with Crippen molar-refractivity contribution in [3.05, 3.63) is 61.6 Å². The molecule has 0 aliphatic carbocycles. The highest BCUT2D eigenvalue weighted by Crippen LogP contribution is 2.35. The summed E-state index contributed by atoms with van der Waals surface area (Å²) in [6, 6.07) is 10.7. The van der Waals surface area contributed by atoms with Crippen molar-refractivity contribution in [2.75, 3.05) is 0 Å². The van der Waals surface area contributed by atoms with Crippen molar-refractivity contribution < 1.29 is 17.9 Å². The van der Waals surface area contributed by atoms with E-state index in [2.05, 4.69) is 43.3 Å². The number of halogens is 5. The van der Waals surface area contributed by atoms with Crippen LogP contribution < -0.4 is 10.5 Å². The molecule has 2 aromatic rings. The molecule has 1 unspecified atom stereocenters. The third-order valence-electron chi connectivity index (χ3n) is 2.77. The summed E-state index contributed by atoms with van der Waals surface area (Å²) >= 11 is 5.49. The summed E-state index contributed by atoms with van der Waals surface area (Å²) < 4.78 is 43.1. The first kappa shape index (κ1) is 16.6. The summed E-state index contributed by atoms with van der Waals surface area (Å²) in [5.74, 6) is -0.289. The molecule has 0 amide bonds. The molecule has 2 N–H and O–H groups in total. The van der Waals surface area contributed by atoms with Crippen LogP contribution >= 0.6 is 38.5 Å². The topological polar surface area (TPSA) is 35.2 Å². The standard InChI is InChI=1S/C14H10BrF3INO/c15-11-6-5-8(19)7-10(11)13(20)9-3-1-2-4-12(9)21-14(16,17)18/h1-7,13H,20H2. The minimum Gasteiger partial charge on any atom is -0.405 e. The fourth-order valence-corrected chi connectivity index (χ4v) is 2.88. The second kappa shape index (κ2) is 6.53. The summed E-state index contributed by atoms with van der Waals surface area (Å²) in [6.45, 7) is 0. The number of nitrogens with two attached hydrogens (primary N) is 1. The van der Waals surface area contributed by atoms with Crippen molar-refractivity contribution in [2.45, 2.75) is 12.4 Å². The average Bonchev–Trinajstić information content (AvgIpc) is 2.39. The first-order valence-corrected chi connectivity index (χ1v) is 7.70. The number of alkyl halides is 3. The lowest BCUT2D eigenvalue weighted by atomic mass is 9.99. The summed E-state index contributed by atoms with van der Waals surface area (Å²) in [6.07, 6.45) is -4.75. The largest absolute Gasteiger partial charge is 0.573 e. The zero-order valence-corrected chi connectivity index (χ0v) is 14.2. The molecule has 7 heteroatoms. The molecule has 112 valence electrons. The Morgan fingerprint density at radius 1 is 1.10 bits per heavy atom. The number of benzene rings is 2. The van der Waals surface area contributed by atoms with E-state index < -0.39 is 12.4 Å². The Hall–Kier alpha value is -0.800. The van der Waals surface area contributed by atoms with Gasteiger partial charge in [-0.05, 0) is 52.4 Å². The second-order valence-electron chi connectivity index (χ2n) is 4.23. The van der Waals surface area contributed by atoms with E-state index >= 15 is 0 Å². The van der Waals surface area contributed by atoms with Crippen LogP contribution in [0.4, 0.5) is 13.2 Å². The van der Waals surface area contributed by atoms with Crippen molar-refractivity contribution >= 4 is 38.5 Å². The van der Waals surface area contributed by atoms with Gasteiger partial charge in [0.1, 0.15) is 5.75 Å². The fraction of sp³-hybridized carbons (Fsp3) is 0.143. The van der Waals surface area contributed by atoms with E-state index in [0.717, 1.165) is 8.04 Å². The first-order chi connectivity index (χ1) is 9.78. The summed E-state index contributed by atoms with van der Waals surface area (Å²) in [7, 11) is 0. The van der Waals surface area contributed by atoms with Gasteiger partial charge in [-0.25, -0.2) is 0 Å². The van der Waals surface area contributed by atoms with Gasteiger partial charge in [0.15, 0.2) is 0 Å². The monoisotopic (exact) mass is 471 g/mol. The highest BCUT2D eigenvalue weighted by atomic mass is 127. The summed E-state index contributed by atoms with van der Waals surface area (Å²) in [5.41, 5.74) is 7.10. The smallest absolute Gasteiger partial charge is 0.405 e. The first-order valence-electron chi connectivity index (χ1n) is 5.83. The number of hydrogen-bond acceptors (Lipinski definition) is 2. The van der Waals surface area contributed by atoms with Crippen LogP contribution in [0.15, 0.2) is 46.9 Å². The number of rotatable bonds is 3. The molecule has 21 heavy (non-hydrogen) atoms. The van der Waals surface area contributed by atoms with E-state index in [1.165, 1.54) is 18.2 Å². The van der Waals surface area contributed by atoms with Crippen LogP contribution in [0.5, 0.6) is 5.75 Å². The van der Waals surface area contributed by atoms with Crippen molar-refractivity contribution in [3.8, 4) is 5.75 Å². The van der Waals surface area contributed by atoms with Crippen LogP contribution in [0, 0.1) is 3.57 Å². The molecule has 0 bridgehead atoms. The lowest BCUT2D eigenvalue weighted by Gasteiger charge is -2.19. The zero-order chi connectivity index (χ0) is 15.6. The maximum absolute atomic E-state index is 12.5. The van der Waals surface area contributed by atoms with Crippen molar-refractivity contribution in [2.24, 2.45) is 5.73 Å². The molecule has 0 aliphatic rings. The molecule has 2 nitrogen and oxygen atoms in total. The van der Waals surface area contributed by atoms with Crippen molar-refractivity contribution in [1.82, 2.24) is 0 Å². The van der Waals surface area contributed by atoms with Gasteiger partial charge in [0, 0.05) is 13.6 Å². The van der Waals surface area contributed by atoms with Gasteiger partial charge >= 0.3 is 6.36 Å². The normalized spacial score (nSPS) is 13.0. The lowest BCUT2D eigenvalue weighted by molar-refractivity contribution is -0.274. The van der Waals surface area contributed by atoms with E-state index in [1.54, 1.807) is 6.07 Å². The van der Waals surface area contributed by atoms with Crippen molar-refractivity contribution in [3.63, 3.8) is 0 Å². The van der Waals surface area contributed by atoms with Gasteiger partial charge in [0.2, 0.25) is 0 Å². The SMILES string of the molecule is NC(c1cc(I)ccc1Br)c1ccccc1OC(F)(F)F. The quantitative estimate of drug-likeness (QED) is 0.639. The number of ether oxygens (including phenoxy) is 1. The number of para-hydroxylation sites is 1. The predicted molar refractivity (Wildman–Crippen MR) is 86.0 cm³/mol. The van der Waals surface area contributed by atoms with E-state index in [9.17, 15) is 13.2 Å². The van der Waals surface area contributed by atoms with Crippen LogP contribution in [0.2, 0.25) is 0 Å². The number of hydrogen-bond donors (Lipinski definition) is 1. The Bertz CT molecular complexity index is 648. The third kappa shape index (κ3) is 4.33. The van der Waals surface area contributed by atoms with Gasteiger partial charge < -0.3 is 10.5 Å². The molecule has 0 aliphatic heterocycles. The maximum Gasteiger partial charge on any atom is 0.573 e. The fourth-order valence-electron chi connectivity index (χ4n) is 1.88. The molecule has 0 aromatic heterocycles. The summed E-state index contributed by atoms with van der Waals surface area (Å²) in [5, 5.41) is 0. The highest BCUT2D eigenvalue weighted by Gasteiger charge is 2.32. The molecule has 0 fully saturated rings. The highest BCUT2D eigenvalue weighted by molar-refractivity contribution is 14.1. The second-order valence-corrected chi connectivity index (χ2v) is 6.33. The van der Waals surface area contributed by atoms with Gasteiger partial charge in [-0.3, -0.25) is 0 Å². The lowest BCUT2D eigenvalue weighted by Crippen LogP contribution is -2.21. The Morgan fingerprint density at radius 2 is 1.76 bits per heavy atom. The van der Waals surface area contributed by atoms with E-state index in [4.69, 9.17) is 5.73 Å². The molecule has 0 radical (unpaired) electrons. The predicted octanol–water partition coefficient (Wildman–Crippen LogP) is 5.00. The zero-order valence-electron chi connectivity index (χ0n) is 10.5. The van der Waals surface area contributed by atoms with Gasteiger partial charge in [0.05, 0.1) is 6.04 Å². The van der Waals surface area contributed by atoms with Crippen LogP contribution in [-0.2, 0) is 0 Å². The molecule has 2 rings (SSSR count). The third-order valence-corrected chi connectivity index (χ3v) is 4.17.